The number of halogens is 1. The molecule has 1 aromatic heterocycles. The van der Waals surface area contributed by atoms with Crippen LogP contribution >= 0.6 is 28.1 Å². The van der Waals surface area contributed by atoms with Gasteiger partial charge in [-0.3, -0.25) is 9.67 Å². The molecule has 2 rings (SSSR count). The molecule has 96 valence electrons. The lowest BCUT2D eigenvalue weighted by atomic mass is 10.1. The van der Waals surface area contributed by atoms with Crippen molar-refractivity contribution in [3.8, 4) is 11.4 Å². The van der Waals surface area contributed by atoms with Crippen LogP contribution in [-0.4, -0.2) is 28.5 Å². The second kappa shape index (κ2) is 5.77. The van der Waals surface area contributed by atoms with Crippen molar-refractivity contribution in [2.75, 3.05) is 13.7 Å². The lowest BCUT2D eigenvalue weighted by Gasteiger charge is -2.08. The fraction of sp³-hybridized carbons (Fsp3) is 0.333. The van der Waals surface area contributed by atoms with E-state index in [0.717, 1.165) is 21.4 Å². The van der Waals surface area contributed by atoms with Gasteiger partial charge in [-0.25, -0.2) is 0 Å². The van der Waals surface area contributed by atoms with Crippen molar-refractivity contribution in [3.05, 3.63) is 33.0 Å². The second-order valence-corrected chi connectivity index (χ2v) is 5.26. The minimum absolute atomic E-state index is 0.608. The van der Waals surface area contributed by atoms with E-state index in [9.17, 15) is 0 Å². The maximum absolute atomic E-state index is 5.24. The first-order chi connectivity index (χ1) is 8.63. The Hall–Kier alpha value is -0.980. The molecule has 18 heavy (non-hydrogen) atoms. The predicted octanol–water partition coefficient (Wildman–Crippen LogP) is 3.33. The van der Waals surface area contributed by atoms with Gasteiger partial charge in [0.1, 0.15) is 0 Å². The molecule has 1 heterocycles. The van der Waals surface area contributed by atoms with E-state index in [1.165, 1.54) is 0 Å². The number of nitrogens with one attached hydrogen (secondary N) is 1. The molecule has 0 aliphatic heterocycles. The van der Waals surface area contributed by atoms with Crippen molar-refractivity contribution >= 4 is 28.1 Å². The van der Waals surface area contributed by atoms with E-state index in [1.54, 1.807) is 7.11 Å². The number of H-pyrrole nitrogens is 1. The third-order valence-electron chi connectivity index (χ3n) is 2.71. The highest BCUT2D eigenvalue weighted by molar-refractivity contribution is 9.10. The summed E-state index contributed by atoms with van der Waals surface area (Å²) in [5.41, 5.74) is 2.22. The number of aryl methyl sites for hydroxylation is 1. The van der Waals surface area contributed by atoms with Crippen molar-refractivity contribution in [1.29, 1.82) is 0 Å². The van der Waals surface area contributed by atoms with Gasteiger partial charge < -0.3 is 4.74 Å². The van der Waals surface area contributed by atoms with Crippen LogP contribution in [0.25, 0.3) is 11.4 Å². The first-order valence-corrected chi connectivity index (χ1v) is 6.74. The van der Waals surface area contributed by atoms with Gasteiger partial charge in [-0.2, -0.15) is 5.10 Å². The number of aromatic nitrogens is 3. The second-order valence-electron chi connectivity index (χ2n) is 3.96. The summed E-state index contributed by atoms with van der Waals surface area (Å²) in [4.78, 5) is 0. The maximum Gasteiger partial charge on any atom is 0.195 e. The zero-order valence-corrected chi connectivity index (χ0v) is 12.6. The standard InChI is InChI=1S/C12H14BrN3OS/c1-8-7-9(13)3-4-10(8)11-14-15-12(18)16(11)5-6-17-2/h3-4,7H,5-6H2,1-2H3,(H,15,18). The number of benzene rings is 1. The molecule has 0 spiro atoms. The molecule has 0 amide bonds. The van der Waals surface area contributed by atoms with Crippen LogP contribution in [0.1, 0.15) is 5.56 Å². The van der Waals surface area contributed by atoms with Crippen molar-refractivity contribution < 1.29 is 4.74 Å². The average Bonchev–Trinajstić information content (AvgIpc) is 2.68. The van der Waals surface area contributed by atoms with Crippen LogP contribution < -0.4 is 0 Å². The summed E-state index contributed by atoms with van der Waals surface area (Å²) in [6.07, 6.45) is 0. The number of rotatable bonds is 4. The minimum Gasteiger partial charge on any atom is -0.383 e. The number of ether oxygens (including phenoxy) is 1. The third-order valence-corrected chi connectivity index (χ3v) is 3.51. The van der Waals surface area contributed by atoms with Crippen molar-refractivity contribution in [2.24, 2.45) is 0 Å². The molecule has 1 N–H and O–H groups in total. The van der Waals surface area contributed by atoms with Gasteiger partial charge in [0.2, 0.25) is 0 Å². The number of hydrogen-bond acceptors (Lipinski definition) is 3. The Kier molecular flexibility index (Phi) is 4.31. The molecule has 0 saturated heterocycles. The highest BCUT2D eigenvalue weighted by Crippen LogP contribution is 2.24. The predicted molar refractivity (Wildman–Crippen MR) is 77.2 cm³/mol. The van der Waals surface area contributed by atoms with E-state index >= 15 is 0 Å². The Morgan fingerprint density at radius 1 is 1.50 bits per heavy atom. The molecule has 0 atom stereocenters. The number of methoxy groups -OCH3 is 1. The Labute approximate surface area is 119 Å². The van der Waals surface area contributed by atoms with Crippen LogP contribution in [0.15, 0.2) is 22.7 Å². The van der Waals surface area contributed by atoms with Crippen LogP contribution in [-0.2, 0) is 11.3 Å². The molecule has 0 aliphatic carbocycles. The monoisotopic (exact) mass is 327 g/mol. The summed E-state index contributed by atoms with van der Waals surface area (Å²) >= 11 is 8.69. The maximum atomic E-state index is 5.24. The van der Waals surface area contributed by atoms with Crippen LogP contribution in [0.4, 0.5) is 0 Å². The Balaban J connectivity index is 2.47. The number of hydrogen-bond donors (Lipinski definition) is 1. The summed E-state index contributed by atoms with van der Waals surface area (Å²) in [5, 5.41) is 7.14. The highest BCUT2D eigenvalue weighted by Gasteiger charge is 2.11. The van der Waals surface area contributed by atoms with Gasteiger partial charge in [0.05, 0.1) is 13.2 Å². The largest absolute Gasteiger partial charge is 0.383 e. The molecule has 0 fully saturated rings. The van der Waals surface area contributed by atoms with E-state index in [0.29, 0.717) is 17.9 Å². The molecule has 4 nitrogen and oxygen atoms in total. The lowest BCUT2D eigenvalue weighted by Crippen LogP contribution is -2.06. The van der Waals surface area contributed by atoms with E-state index in [1.807, 2.05) is 16.7 Å². The summed E-state index contributed by atoms with van der Waals surface area (Å²) in [6, 6.07) is 6.10. The molecule has 0 bridgehead atoms. The zero-order valence-electron chi connectivity index (χ0n) is 10.2. The van der Waals surface area contributed by atoms with E-state index in [4.69, 9.17) is 17.0 Å². The molecule has 0 radical (unpaired) electrons. The SMILES string of the molecule is COCCn1c(-c2ccc(Br)cc2C)n[nH]c1=S. The van der Waals surface area contributed by atoms with E-state index in [2.05, 4.69) is 39.1 Å². The summed E-state index contributed by atoms with van der Waals surface area (Å²) in [5.74, 6) is 0.849. The molecule has 0 saturated carbocycles. The van der Waals surface area contributed by atoms with Crippen LogP contribution in [0.5, 0.6) is 0 Å². The molecule has 0 aliphatic rings. The topological polar surface area (TPSA) is 42.8 Å². The number of aromatic amines is 1. The van der Waals surface area contributed by atoms with E-state index in [-0.39, 0.29) is 0 Å². The summed E-state index contributed by atoms with van der Waals surface area (Å²) in [6.45, 7) is 3.35. The average molecular weight is 328 g/mol. The normalized spacial score (nSPS) is 10.8. The smallest absolute Gasteiger partial charge is 0.195 e. The summed E-state index contributed by atoms with van der Waals surface area (Å²) in [7, 11) is 1.67. The van der Waals surface area contributed by atoms with Crippen molar-refractivity contribution in [1.82, 2.24) is 14.8 Å². The Morgan fingerprint density at radius 2 is 2.28 bits per heavy atom. The molecule has 1 aromatic carbocycles. The fourth-order valence-corrected chi connectivity index (χ4v) is 2.49. The Morgan fingerprint density at radius 3 is 2.94 bits per heavy atom. The first kappa shape index (κ1) is 13.5. The van der Waals surface area contributed by atoms with Gasteiger partial charge in [0, 0.05) is 17.1 Å². The fourth-order valence-electron chi connectivity index (χ4n) is 1.79. The Bertz CT molecular complexity index is 606. The highest BCUT2D eigenvalue weighted by atomic mass is 79.9. The van der Waals surface area contributed by atoms with Gasteiger partial charge in [0.25, 0.3) is 0 Å². The molecule has 2 aromatic rings. The van der Waals surface area contributed by atoms with Crippen LogP contribution in [0.3, 0.4) is 0 Å². The lowest BCUT2D eigenvalue weighted by molar-refractivity contribution is 0.187. The summed E-state index contributed by atoms with van der Waals surface area (Å²) < 4.78 is 8.72. The van der Waals surface area contributed by atoms with E-state index < -0.39 is 0 Å². The van der Waals surface area contributed by atoms with Crippen LogP contribution in [0.2, 0.25) is 0 Å². The van der Waals surface area contributed by atoms with Gasteiger partial charge in [-0.15, -0.1) is 0 Å². The number of nitrogens with zero attached hydrogens (tertiary/aromatic N) is 2. The van der Waals surface area contributed by atoms with Gasteiger partial charge in [0.15, 0.2) is 10.6 Å². The third kappa shape index (κ3) is 2.71. The quantitative estimate of drug-likeness (QED) is 0.876. The minimum atomic E-state index is 0.608. The van der Waals surface area contributed by atoms with Gasteiger partial charge in [-0.05, 0) is 42.9 Å². The molecule has 0 unspecified atom stereocenters. The van der Waals surface area contributed by atoms with Gasteiger partial charge >= 0.3 is 0 Å². The van der Waals surface area contributed by atoms with Crippen molar-refractivity contribution in [3.63, 3.8) is 0 Å². The molecular weight excluding hydrogens is 314 g/mol. The first-order valence-electron chi connectivity index (χ1n) is 5.54. The zero-order chi connectivity index (χ0) is 13.1. The van der Waals surface area contributed by atoms with Crippen molar-refractivity contribution in [2.45, 2.75) is 13.5 Å². The molecule has 6 heteroatoms. The van der Waals surface area contributed by atoms with Crippen LogP contribution in [0, 0.1) is 11.7 Å². The van der Waals surface area contributed by atoms with Gasteiger partial charge in [-0.1, -0.05) is 15.9 Å². The molecular formula is C12H14BrN3OS.